The highest BCUT2D eigenvalue weighted by Gasteiger charge is 2.48. The molecule has 1 aliphatic carbocycles. The summed E-state index contributed by atoms with van der Waals surface area (Å²) >= 11 is 3.37. The maximum atomic E-state index is 12.9. The Labute approximate surface area is 205 Å². The third-order valence-corrected chi connectivity index (χ3v) is 7.26. The van der Waals surface area contributed by atoms with Crippen molar-refractivity contribution >= 4 is 51.0 Å². The molecule has 2 aromatic carbocycles. The summed E-state index contributed by atoms with van der Waals surface area (Å²) in [5, 5.41) is 0. The van der Waals surface area contributed by atoms with E-state index >= 15 is 0 Å². The highest BCUT2D eigenvalue weighted by atomic mass is 79.9. The van der Waals surface area contributed by atoms with Crippen molar-refractivity contribution in [3.8, 4) is 5.75 Å². The minimum atomic E-state index is -0.573. The predicted octanol–water partition coefficient (Wildman–Crippen LogP) is 4.25. The summed E-state index contributed by atoms with van der Waals surface area (Å²) in [6, 6.07) is 13.7. The van der Waals surface area contributed by atoms with Crippen molar-refractivity contribution in [3.63, 3.8) is 0 Å². The van der Waals surface area contributed by atoms with Crippen LogP contribution in [0, 0.1) is 17.8 Å². The van der Waals surface area contributed by atoms with Crippen molar-refractivity contribution in [2.45, 2.75) is 26.2 Å². The number of nitrogens with zero attached hydrogens (tertiary/aromatic N) is 2. The van der Waals surface area contributed by atoms with E-state index in [4.69, 9.17) is 4.74 Å². The van der Waals surface area contributed by atoms with E-state index in [9.17, 15) is 19.2 Å². The fourth-order valence-corrected chi connectivity index (χ4v) is 5.16. The highest BCUT2D eigenvalue weighted by Crippen LogP contribution is 2.40. The molecule has 2 fully saturated rings. The molecule has 0 saturated carbocycles. The first-order chi connectivity index (χ1) is 16.3. The van der Waals surface area contributed by atoms with Crippen LogP contribution in [0.1, 0.15) is 26.2 Å². The van der Waals surface area contributed by atoms with E-state index in [-0.39, 0.29) is 42.5 Å². The van der Waals surface area contributed by atoms with Gasteiger partial charge in [0.2, 0.25) is 17.7 Å². The lowest BCUT2D eigenvalue weighted by atomic mass is 9.82. The summed E-state index contributed by atoms with van der Waals surface area (Å²) in [7, 11) is 0. The Morgan fingerprint density at radius 1 is 0.912 bits per heavy atom. The van der Waals surface area contributed by atoms with Gasteiger partial charge in [-0.2, -0.15) is 0 Å². The number of fused-ring (bicyclic) bond motifs is 1. The third-order valence-electron chi connectivity index (χ3n) is 6.73. The monoisotopic (exact) mass is 522 g/mol. The quantitative estimate of drug-likeness (QED) is 0.259. The Balaban J connectivity index is 1.24. The summed E-state index contributed by atoms with van der Waals surface area (Å²) in [6.07, 6.45) is 3.31. The van der Waals surface area contributed by atoms with Gasteiger partial charge in [-0.3, -0.25) is 24.1 Å². The van der Waals surface area contributed by atoms with Gasteiger partial charge in [-0.15, -0.1) is 0 Å². The van der Waals surface area contributed by atoms with Crippen molar-refractivity contribution in [1.82, 2.24) is 0 Å². The van der Waals surface area contributed by atoms with Crippen LogP contribution >= 0.6 is 15.9 Å². The number of hydrogen-bond acceptors (Lipinski definition) is 5. The van der Waals surface area contributed by atoms with Crippen molar-refractivity contribution in [3.05, 3.63) is 64.7 Å². The van der Waals surface area contributed by atoms with Crippen molar-refractivity contribution in [2.24, 2.45) is 17.8 Å². The predicted molar refractivity (Wildman–Crippen MR) is 129 cm³/mol. The maximum Gasteiger partial charge on any atom is 0.316 e. The summed E-state index contributed by atoms with van der Waals surface area (Å²) in [5.41, 5.74) is 2.34. The molecule has 2 aliphatic heterocycles. The van der Waals surface area contributed by atoms with Gasteiger partial charge < -0.3 is 9.64 Å². The maximum absolute atomic E-state index is 12.9. The van der Waals surface area contributed by atoms with Crippen molar-refractivity contribution in [2.75, 3.05) is 16.3 Å². The highest BCUT2D eigenvalue weighted by molar-refractivity contribution is 9.10. The second-order valence-electron chi connectivity index (χ2n) is 9.01. The van der Waals surface area contributed by atoms with Crippen molar-refractivity contribution in [1.29, 1.82) is 0 Å². The lowest BCUT2D eigenvalue weighted by Crippen LogP contribution is -2.30. The number of allylic oxidation sites excluding steroid dienone is 2. The van der Waals surface area contributed by atoms with Gasteiger partial charge in [-0.1, -0.05) is 27.6 Å². The summed E-state index contributed by atoms with van der Waals surface area (Å²) < 4.78 is 6.42. The lowest BCUT2D eigenvalue weighted by Gasteiger charge is -2.18. The Morgan fingerprint density at radius 3 is 2.26 bits per heavy atom. The van der Waals surface area contributed by atoms with Crippen LogP contribution in [0.4, 0.5) is 11.4 Å². The molecular weight excluding hydrogens is 500 g/mol. The first-order valence-corrected chi connectivity index (χ1v) is 12.0. The minimum absolute atomic E-state index is 0.0833. The number of amides is 3. The Bertz CT molecular complexity index is 1200. The van der Waals surface area contributed by atoms with E-state index < -0.39 is 11.9 Å². The largest absolute Gasteiger partial charge is 0.426 e. The first-order valence-electron chi connectivity index (χ1n) is 11.2. The Morgan fingerprint density at radius 2 is 1.56 bits per heavy atom. The van der Waals surface area contributed by atoms with Crippen LogP contribution < -0.4 is 14.5 Å². The SMILES string of the molecule is CC1=CC[C@@H]2C(=O)N(c3ccc(OC(=O)[C@@H]4CC(=O)N(c5ccc(Br)cc5)C4)cc3)C(=O)[C@H]2C1. The van der Waals surface area contributed by atoms with Crippen LogP contribution in [0.15, 0.2) is 64.7 Å². The number of benzene rings is 2. The zero-order valence-corrected chi connectivity index (χ0v) is 20.2. The number of halogens is 1. The number of ether oxygens (including phenoxy) is 1. The molecule has 2 heterocycles. The van der Waals surface area contributed by atoms with Gasteiger partial charge in [-0.25, -0.2) is 0 Å². The summed E-state index contributed by atoms with van der Waals surface area (Å²) in [4.78, 5) is 53.7. The normalized spacial score (nSPS) is 24.4. The molecule has 0 N–H and O–H groups in total. The smallest absolute Gasteiger partial charge is 0.316 e. The molecular formula is C26H23BrN2O5. The van der Waals surface area contributed by atoms with E-state index in [0.29, 0.717) is 24.3 Å². The van der Waals surface area contributed by atoms with E-state index in [1.807, 2.05) is 37.3 Å². The Hall–Kier alpha value is -3.26. The molecule has 0 unspecified atom stereocenters. The van der Waals surface area contributed by atoms with Gasteiger partial charge in [0.1, 0.15) is 5.75 Å². The number of esters is 1. The van der Waals surface area contributed by atoms with Gasteiger partial charge in [0.05, 0.1) is 23.4 Å². The van der Waals surface area contributed by atoms with Gasteiger partial charge in [-0.05, 0) is 68.3 Å². The van der Waals surface area contributed by atoms with E-state index in [1.54, 1.807) is 29.2 Å². The molecule has 3 amide bonds. The molecule has 0 spiro atoms. The van der Waals surface area contributed by atoms with Crippen LogP contribution in [-0.4, -0.2) is 30.2 Å². The number of imide groups is 1. The third kappa shape index (κ3) is 4.07. The number of rotatable bonds is 4. The molecule has 174 valence electrons. The molecule has 8 heteroatoms. The number of hydrogen-bond donors (Lipinski definition) is 0. The van der Waals surface area contributed by atoms with Crippen LogP contribution in [0.5, 0.6) is 5.75 Å². The second kappa shape index (κ2) is 8.83. The van der Waals surface area contributed by atoms with Gasteiger partial charge in [0.25, 0.3) is 0 Å². The van der Waals surface area contributed by atoms with Gasteiger partial charge in [0, 0.05) is 23.1 Å². The molecule has 3 aliphatic rings. The number of carbonyl (C=O) groups excluding carboxylic acids is 4. The second-order valence-corrected chi connectivity index (χ2v) is 9.93. The molecule has 7 nitrogen and oxygen atoms in total. The van der Waals surface area contributed by atoms with Crippen LogP contribution in [0.3, 0.4) is 0 Å². The van der Waals surface area contributed by atoms with E-state index in [0.717, 1.165) is 15.7 Å². The average molecular weight is 523 g/mol. The molecule has 34 heavy (non-hydrogen) atoms. The fraction of sp³-hybridized carbons (Fsp3) is 0.308. The Kier molecular flexibility index (Phi) is 5.85. The first kappa shape index (κ1) is 22.5. The molecule has 3 atom stereocenters. The lowest BCUT2D eigenvalue weighted by molar-refractivity contribution is -0.139. The molecule has 5 rings (SSSR count). The fourth-order valence-electron chi connectivity index (χ4n) is 4.89. The topological polar surface area (TPSA) is 84.0 Å². The zero-order valence-electron chi connectivity index (χ0n) is 18.6. The molecule has 0 radical (unpaired) electrons. The van der Waals surface area contributed by atoms with E-state index in [1.165, 1.54) is 4.90 Å². The van der Waals surface area contributed by atoms with Crippen molar-refractivity contribution < 1.29 is 23.9 Å². The molecule has 2 saturated heterocycles. The van der Waals surface area contributed by atoms with Gasteiger partial charge in [0.15, 0.2) is 0 Å². The molecule has 0 bridgehead atoms. The summed E-state index contributed by atoms with van der Waals surface area (Å²) in [5.74, 6) is -1.84. The zero-order chi connectivity index (χ0) is 24.0. The minimum Gasteiger partial charge on any atom is -0.426 e. The number of anilines is 2. The van der Waals surface area contributed by atoms with Crippen LogP contribution in [-0.2, 0) is 19.2 Å². The van der Waals surface area contributed by atoms with Crippen LogP contribution in [0.2, 0.25) is 0 Å². The van der Waals surface area contributed by atoms with E-state index in [2.05, 4.69) is 15.9 Å². The molecule has 0 aromatic heterocycles. The average Bonchev–Trinajstić information content (AvgIpc) is 3.32. The van der Waals surface area contributed by atoms with Crippen LogP contribution in [0.25, 0.3) is 0 Å². The number of carbonyl (C=O) groups is 4. The summed E-state index contributed by atoms with van der Waals surface area (Å²) in [6.45, 7) is 2.24. The van der Waals surface area contributed by atoms with Gasteiger partial charge >= 0.3 is 5.97 Å². The molecule has 2 aromatic rings. The standard InChI is InChI=1S/C26H23BrN2O5/c1-15-2-11-21-22(12-15)25(32)29(24(21)31)19-7-9-20(10-8-19)34-26(33)16-13-23(30)28(14-16)18-5-3-17(27)4-6-18/h2-10,16,21-22H,11-14H2,1H3/t16-,21+,22+/m1/s1.